The second kappa shape index (κ2) is 2.43. The minimum atomic E-state index is 0.729. The van der Waals surface area contributed by atoms with Crippen molar-refractivity contribution in [1.29, 1.82) is 0 Å². The van der Waals surface area contributed by atoms with Crippen molar-refractivity contribution in [3.8, 4) is 0 Å². The largest absolute Gasteiger partial charge is 0.375 e. The Hall–Kier alpha value is -0.220. The molecular formula is C6H8N2S2. The molecule has 0 bridgehead atoms. The third-order valence-corrected chi connectivity index (χ3v) is 3.61. The first-order valence-electron chi connectivity index (χ1n) is 3.18. The maximum Gasteiger partial charge on any atom is 0.180 e. The van der Waals surface area contributed by atoms with E-state index in [4.69, 9.17) is 5.73 Å². The van der Waals surface area contributed by atoms with Gasteiger partial charge in [0.25, 0.3) is 0 Å². The normalized spacial score (nSPS) is 16.8. The van der Waals surface area contributed by atoms with Crippen molar-refractivity contribution in [2.24, 2.45) is 0 Å². The SMILES string of the molecule is Nc1nc2c(s1)CSCC2. The molecule has 2 rings (SSSR count). The second-order valence-electron chi connectivity index (χ2n) is 2.22. The molecule has 0 radical (unpaired) electrons. The van der Waals surface area contributed by atoms with Crippen molar-refractivity contribution in [2.75, 3.05) is 11.5 Å². The van der Waals surface area contributed by atoms with Gasteiger partial charge in [0.2, 0.25) is 0 Å². The van der Waals surface area contributed by atoms with Gasteiger partial charge in [-0.25, -0.2) is 4.98 Å². The fourth-order valence-electron chi connectivity index (χ4n) is 1.05. The summed E-state index contributed by atoms with van der Waals surface area (Å²) in [6.45, 7) is 0. The minimum absolute atomic E-state index is 0.729. The molecule has 1 aromatic rings. The summed E-state index contributed by atoms with van der Waals surface area (Å²) in [6, 6.07) is 0. The zero-order valence-corrected chi connectivity index (χ0v) is 7.10. The monoisotopic (exact) mass is 172 g/mol. The first-order valence-corrected chi connectivity index (χ1v) is 5.15. The number of aromatic nitrogens is 1. The molecular weight excluding hydrogens is 164 g/mol. The zero-order chi connectivity index (χ0) is 6.97. The van der Waals surface area contributed by atoms with Gasteiger partial charge in [-0.2, -0.15) is 11.8 Å². The molecule has 2 N–H and O–H groups in total. The van der Waals surface area contributed by atoms with E-state index in [1.165, 1.54) is 16.3 Å². The Kier molecular flexibility index (Phi) is 1.58. The molecule has 2 nitrogen and oxygen atoms in total. The van der Waals surface area contributed by atoms with Gasteiger partial charge in [0.15, 0.2) is 5.13 Å². The Morgan fingerprint density at radius 2 is 2.40 bits per heavy atom. The lowest BCUT2D eigenvalue weighted by Gasteiger charge is -2.06. The minimum Gasteiger partial charge on any atom is -0.375 e. The summed E-state index contributed by atoms with van der Waals surface area (Å²) in [4.78, 5) is 5.62. The summed E-state index contributed by atoms with van der Waals surface area (Å²) in [7, 11) is 0. The third-order valence-electron chi connectivity index (χ3n) is 1.51. The van der Waals surface area contributed by atoms with Crippen LogP contribution < -0.4 is 5.73 Å². The van der Waals surface area contributed by atoms with Gasteiger partial charge < -0.3 is 5.73 Å². The summed E-state index contributed by atoms with van der Waals surface area (Å²) < 4.78 is 0. The number of rotatable bonds is 0. The van der Waals surface area contributed by atoms with Crippen LogP contribution in [0.25, 0.3) is 0 Å². The molecule has 0 fully saturated rings. The summed E-state index contributed by atoms with van der Waals surface area (Å²) >= 11 is 3.60. The number of nitrogens with two attached hydrogens (primary N) is 1. The third kappa shape index (κ3) is 1.01. The Balaban J connectivity index is 2.41. The molecule has 0 spiro atoms. The highest BCUT2D eigenvalue weighted by Gasteiger charge is 2.13. The first kappa shape index (κ1) is 6.49. The molecule has 1 aliphatic heterocycles. The van der Waals surface area contributed by atoms with E-state index < -0.39 is 0 Å². The van der Waals surface area contributed by atoms with Crippen LogP contribution in [0.15, 0.2) is 0 Å². The van der Waals surface area contributed by atoms with Crippen LogP contribution in [0.5, 0.6) is 0 Å². The number of hydrogen-bond acceptors (Lipinski definition) is 4. The Bertz CT molecular complexity index is 220. The van der Waals surface area contributed by atoms with E-state index in [0.29, 0.717) is 0 Å². The highest BCUT2D eigenvalue weighted by molar-refractivity contribution is 7.98. The Morgan fingerprint density at radius 1 is 1.50 bits per heavy atom. The molecule has 0 amide bonds. The topological polar surface area (TPSA) is 38.9 Å². The number of nitrogens with zero attached hydrogens (tertiary/aromatic N) is 1. The molecule has 4 heteroatoms. The van der Waals surface area contributed by atoms with Crippen LogP contribution in [-0.4, -0.2) is 10.7 Å². The molecule has 54 valence electrons. The van der Waals surface area contributed by atoms with Crippen molar-refractivity contribution in [1.82, 2.24) is 4.98 Å². The summed E-state index contributed by atoms with van der Waals surface area (Å²) in [5.74, 6) is 2.32. The summed E-state index contributed by atoms with van der Waals surface area (Å²) in [6.07, 6.45) is 1.10. The van der Waals surface area contributed by atoms with Crippen LogP contribution >= 0.6 is 23.1 Å². The van der Waals surface area contributed by atoms with Crippen molar-refractivity contribution in [3.05, 3.63) is 10.6 Å². The standard InChI is InChI=1S/C6H8N2S2/c7-6-8-4-1-2-9-3-5(4)10-6/h1-3H2,(H2,7,8). The van der Waals surface area contributed by atoms with Gasteiger partial charge in [-0.1, -0.05) is 0 Å². The predicted octanol–water partition coefficient (Wildman–Crippen LogP) is 1.51. The van der Waals surface area contributed by atoms with E-state index in [9.17, 15) is 0 Å². The van der Waals surface area contributed by atoms with Crippen LogP contribution in [0.3, 0.4) is 0 Å². The lowest BCUT2D eigenvalue weighted by molar-refractivity contribution is 1.03. The average Bonchev–Trinajstić information content (AvgIpc) is 2.27. The highest BCUT2D eigenvalue weighted by atomic mass is 32.2. The molecule has 0 unspecified atom stereocenters. The Labute approximate surface area is 67.8 Å². The molecule has 0 aliphatic carbocycles. The number of thioether (sulfide) groups is 1. The Morgan fingerprint density at radius 3 is 3.20 bits per heavy atom. The molecule has 1 aromatic heterocycles. The van der Waals surface area contributed by atoms with E-state index in [0.717, 1.165) is 17.3 Å². The zero-order valence-electron chi connectivity index (χ0n) is 5.46. The predicted molar refractivity (Wildman–Crippen MR) is 46.4 cm³/mol. The van der Waals surface area contributed by atoms with Crippen LogP contribution in [0, 0.1) is 0 Å². The van der Waals surface area contributed by atoms with Crippen molar-refractivity contribution in [2.45, 2.75) is 12.2 Å². The number of fused-ring (bicyclic) bond motifs is 1. The molecule has 0 saturated heterocycles. The van der Waals surface area contributed by atoms with Gasteiger partial charge in [-0.05, 0) is 12.2 Å². The van der Waals surface area contributed by atoms with Crippen LogP contribution in [0.1, 0.15) is 10.6 Å². The molecule has 1 aliphatic rings. The van der Waals surface area contributed by atoms with Crippen molar-refractivity contribution in [3.63, 3.8) is 0 Å². The number of hydrogen-bond donors (Lipinski definition) is 1. The lowest BCUT2D eigenvalue weighted by atomic mass is 10.3. The first-order chi connectivity index (χ1) is 4.86. The smallest absolute Gasteiger partial charge is 0.180 e. The van der Waals surface area contributed by atoms with E-state index in [-0.39, 0.29) is 0 Å². The number of anilines is 1. The highest BCUT2D eigenvalue weighted by Crippen LogP contribution is 2.29. The fourth-order valence-corrected chi connectivity index (χ4v) is 3.04. The number of nitrogen functional groups attached to an aromatic ring is 1. The molecule has 10 heavy (non-hydrogen) atoms. The number of aryl methyl sites for hydroxylation is 1. The van der Waals surface area contributed by atoms with Crippen molar-refractivity contribution < 1.29 is 0 Å². The van der Waals surface area contributed by atoms with Gasteiger partial charge in [0, 0.05) is 10.6 Å². The van der Waals surface area contributed by atoms with Gasteiger partial charge in [0.1, 0.15) is 0 Å². The van der Waals surface area contributed by atoms with Gasteiger partial charge in [-0.15, -0.1) is 11.3 Å². The lowest BCUT2D eigenvalue weighted by Crippen LogP contribution is -1.99. The quantitative estimate of drug-likeness (QED) is 0.645. The van der Waals surface area contributed by atoms with Crippen LogP contribution in [0.4, 0.5) is 5.13 Å². The van der Waals surface area contributed by atoms with Crippen molar-refractivity contribution >= 4 is 28.2 Å². The maximum absolute atomic E-state index is 5.56. The molecule has 0 aromatic carbocycles. The van der Waals surface area contributed by atoms with E-state index in [1.54, 1.807) is 11.3 Å². The average molecular weight is 172 g/mol. The fraction of sp³-hybridized carbons (Fsp3) is 0.500. The molecule has 2 heterocycles. The van der Waals surface area contributed by atoms with Crippen LogP contribution in [-0.2, 0) is 12.2 Å². The molecule has 0 atom stereocenters. The van der Waals surface area contributed by atoms with Gasteiger partial charge in [-0.3, -0.25) is 0 Å². The maximum atomic E-state index is 5.56. The van der Waals surface area contributed by atoms with Crippen LogP contribution in [0.2, 0.25) is 0 Å². The second-order valence-corrected chi connectivity index (χ2v) is 4.44. The number of thiazole rings is 1. The summed E-state index contributed by atoms with van der Waals surface area (Å²) in [5.41, 5.74) is 6.79. The van der Waals surface area contributed by atoms with Gasteiger partial charge >= 0.3 is 0 Å². The van der Waals surface area contributed by atoms with E-state index in [2.05, 4.69) is 4.98 Å². The van der Waals surface area contributed by atoms with E-state index >= 15 is 0 Å². The molecule has 0 saturated carbocycles. The van der Waals surface area contributed by atoms with Gasteiger partial charge in [0.05, 0.1) is 5.69 Å². The van der Waals surface area contributed by atoms with E-state index in [1.807, 2.05) is 11.8 Å². The summed E-state index contributed by atoms with van der Waals surface area (Å²) in [5, 5.41) is 0.729.